The summed E-state index contributed by atoms with van der Waals surface area (Å²) in [6, 6.07) is 14.7. The fraction of sp³-hybridized carbons (Fsp3) is 0.273. The van der Waals surface area contributed by atoms with Crippen LogP contribution in [-0.2, 0) is 16.1 Å². The molecule has 1 heterocycles. The largest absolute Gasteiger partial charge is 0.493 e. The van der Waals surface area contributed by atoms with Gasteiger partial charge in [0.15, 0.2) is 11.5 Å². The highest BCUT2D eigenvalue weighted by Gasteiger charge is 2.21. The van der Waals surface area contributed by atoms with Crippen LogP contribution >= 0.6 is 11.6 Å². The molecule has 0 N–H and O–H groups in total. The van der Waals surface area contributed by atoms with Gasteiger partial charge >= 0.3 is 0 Å². The molecule has 1 aliphatic rings. The predicted molar refractivity (Wildman–Crippen MR) is 110 cm³/mol. The van der Waals surface area contributed by atoms with Gasteiger partial charge in [-0.15, -0.1) is 0 Å². The number of nitrogens with zero attached hydrogens (tertiary/aromatic N) is 2. The van der Waals surface area contributed by atoms with Crippen LogP contribution in [0.15, 0.2) is 48.0 Å². The van der Waals surface area contributed by atoms with Gasteiger partial charge in [-0.05, 0) is 29.8 Å². The molecule has 1 fully saturated rings. The summed E-state index contributed by atoms with van der Waals surface area (Å²) in [4.78, 5) is 14.3. The van der Waals surface area contributed by atoms with Crippen molar-refractivity contribution < 1.29 is 19.0 Å². The van der Waals surface area contributed by atoms with Crippen LogP contribution in [0.4, 0.5) is 0 Å². The van der Waals surface area contributed by atoms with Gasteiger partial charge in [0.1, 0.15) is 18.2 Å². The van der Waals surface area contributed by atoms with Crippen LogP contribution < -0.4 is 9.47 Å². The van der Waals surface area contributed by atoms with E-state index in [2.05, 4.69) is 0 Å². The van der Waals surface area contributed by atoms with Crippen LogP contribution in [0.3, 0.4) is 0 Å². The van der Waals surface area contributed by atoms with Crippen molar-refractivity contribution in [3.8, 4) is 17.6 Å². The summed E-state index contributed by atoms with van der Waals surface area (Å²) in [5.74, 6) is 0.665. The molecule has 0 aliphatic carbocycles. The van der Waals surface area contributed by atoms with Gasteiger partial charge in [0, 0.05) is 23.7 Å². The number of benzene rings is 2. The Bertz CT molecular complexity index is 929. The molecule has 1 amide bonds. The standard InChI is InChI=1S/C22H21ClN2O4/c1-27-20-4-2-3-17(21(20)29-15-16-5-7-19(23)8-6-16)13-18(14-24)22(26)25-9-11-28-12-10-25/h2-8,13H,9-12,15H2,1H3/b18-13-. The fourth-order valence-electron chi connectivity index (χ4n) is 2.93. The molecule has 3 rings (SSSR count). The monoisotopic (exact) mass is 412 g/mol. The Morgan fingerprint density at radius 1 is 1.24 bits per heavy atom. The molecule has 0 unspecified atom stereocenters. The number of halogens is 1. The Labute approximate surface area is 174 Å². The van der Waals surface area contributed by atoms with Crippen LogP contribution in [0.25, 0.3) is 6.08 Å². The highest BCUT2D eigenvalue weighted by Crippen LogP contribution is 2.33. The van der Waals surface area contributed by atoms with Gasteiger partial charge in [0.25, 0.3) is 5.91 Å². The van der Waals surface area contributed by atoms with Crippen LogP contribution in [0.2, 0.25) is 5.02 Å². The molecule has 2 aromatic carbocycles. The second kappa shape index (κ2) is 9.97. The van der Waals surface area contributed by atoms with Gasteiger partial charge in [0.05, 0.1) is 20.3 Å². The first-order valence-electron chi connectivity index (χ1n) is 9.15. The zero-order valence-corrected chi connectivity index (χ0v) is 16.8. The maximum absolute atomic E-state index is 12.7. The third-order valence-electron chi connectivity index (χ3n) is 4.47. The topological polar surface area (TPSA) is 71.8 Å². The minimum atomic E-state index is -0.317. The van der Waals surface area contributed by atoms with E-state index >= 15 is 0 Å². The Kier molecular flexibility index (Phi) is 7.12. The minimum absolute atomic E-state index is 0.0384. The van der Waals surface area contributed by atoms with Crippen molar-refractivity contribution in [1.82, 2.24) is 4.90 Å². The van der Waals surface area contributed by atoms with Crippen molar-refractivity contribution in [3.05, 3.63) is 64.2 Å². The highest BCUT2D eigenvalue weighted by molar-refractivity contribution is 6.30. The summed E-state index contributed by atoms with van der Waals surface area (Å²) in [6.07, 6.45) is 1.54. The Balaban J connectivity index is 1.87. The number of hydrogen-bond donors (Lipinski definition) is 0. The molecule has 150 valence electrons. The number of ether oxygens (including phenoxy) is 3. The molecule has 0 saturated carbocycles. The summed E-state index contributed by atoms with van der Waals surface area (Å²) in [6.45, 7) is 2.17. The van der Waals surface area contributed by atoms with E-state index in [9.17, 15) is 10.1 Å². The molecular formula is C22H21ClN2O4. The molecular weight excluding hydrogens is 392 g/mol. The summed E-state index contributed by atoms with van der Waals surface area (Å²) in [5.41, 5.74) is 1.56. The fourth-order valence-corrected chi connectivity index (χ4v) is 3.06. The number of carbonyl (C=O) groups is 1. The first kappa shape index (κ1) is 20.7. The molecule has 0 atom stereocenters. The molecule has 2 aromatic rings. The zero-order valence-electron chi connectivity index (χ0n) is 16.1. The number of carbonyl (C=O) groups excluding carboxylic acids is 1. The van der Waals surface area contributed by atoms with E-state index in [4.69, 9.17) is 25.8 Å². The summed E-state index contributed by atoms with van der Waals surface area (Å²) in [7, 11) is 1.54. The van der Waals surface area contributed by atoms with E-state index < -0.39 is 0 Å². The number of amides is 1. The molecule has 6 nitrogen and oxygen atoms in total. The predicted octanol–water partition coefficient (Wildman–Crippen LogP) is 3.69. The molecule has 0 bridgehead atoms. The van der Waals surface area contributed by atoms with Crippen LogP contribution in [0, 0.1) is 11.3 Å². The van der Waals surface area contributed by atoms with Crippen LogP contribution in [-0.4, -0.2) is 44.2 Å². The van der Waals surface area contributed by atoms with E-state index in [0.717, 1.165) is 5.56 Å². The second-order valence-electron chi connectivity index (χ2n) is 6.37. The number of rotatable bonds is 6. The molecule has 1 saturated heterocycles. The SMILES string of the molecule is COc1cccc(/C=C(/C#N)C(=O)N2CCOCC2)c1OCc1ccc(Cl)cc1. The second-order valence-corrected chi connectivity index (χ2v) is 6.80. The van der Waals surface area contributed by atoms with Gasteiger partial charge < -0.3 is 19.1 Å². The van der Waals surface area contributed by atoms with Crippen molar-refractivity contribution >= 4 is 23.6 Å². The summed E-state index contributed by atoms with van der Waals surface area (Å²) in [5, 5.41) is 10.2. The first-order chi connectivity index (χ1) is 14.1. The average Bonchev–Trinajstić information content (AvgIpc) is 2.77. The molecule has 29 heavy (non-hydrogen) atoms. The Morgan fingerprint density at radius 2 is 1.97 bits per heavy atom. The molecule has 0 radical (unpaired) electrons. The lowest BCUT2D eigenvalue weighted by molar-refractivity contribution is -0.130. The van der Waals surface area contributed by atoms with Gasteiger partial charge in [-0.2, -0.15) is 5.26 Å². The van der Waals surface area contributed by atoms with E-state index in [0.29, 0.717) is 48.4 Å². The van der Waals surface area contributed by atoms with Crippen molar-refractivity contribution in [2.24, 2.45) is 0 Å². The van der Waals surface area contributed by atoms with Gasteiger partial charge in [-0.1, -0.05) is 35.9 Å². The molecule has 0 spiro atoms. The van der Waals surface area contributed by atoms with Crippen molar-refractivity contribution in [2.75, 3.05) is 33.4 Å². The van der Waals surface area contributed by atoms with Crippen molar-refractivity contribution in [2.45, 2.75) is 6.61 Å². The number of methoxy groups -OCH3 is 1. The number of hydrogen-bond acceptors (Lipinski definition) is 5. The van der Waals surface area contributed by atoms with E-state index in [-0.39, 0.29) is 18.1 Å². The number of morpholine rings is 1. The Hall–Kier alpha value is -3.01. The first-order valence-corrected chi connectivity index (χ1v) is 9.53. The molecule has 7 heteroatoms. The average molecular weight is 413 g/mol. The van der Waals surface area contributed by atoms with Gasteiger partial charge in [0.2, 0.25) is 0 Å². The zero-order chi connectivity index (χ0) is 20.6. The third kappa shape index (κ3) is 5.29. The normalized spacial score (nSPS) is 14.2. The highest BCUT2D eigenvalue weighted by atomic mass is 35.5. The van der Waals surface area contributed by atoms with E-state index in [1.165, 1.54) is 6.08 Å². The lowest BCUT2D eigenvalue weighted by Gasteiger charge is -2.26. The van der Waals surface area contributed by atoms with E-state index in [1.807, 2.05) is 18.2 Å². The van der Waals surface area contributed by atoms with Crippen molar-refractivity contribution in [1.29, 1.82) is 5.26 Å². The smallest absolute Gasteiger partial charge is 0.264 e. The van der Waals surface area contributed by atoms with Gasteiger partial charge in [-0.3, -0.25) is 4.79 Å². The maximum Gasteiger partial charge on any atom is 0.264 e. The summed E-state index contributed by atoms with van der Waals surface area (Å²) < 4.78 is 16.7. The van der Waals surface area contributed by atoms with Crippen LogP contribution in [0.5, 0.6) is 11.5 Å². The lowest BCUT2D eigenvalue weighted by atomic mass is 10.1. The van der Waals surface area contributed by atoms with Crippen LogP contribution in [0.1, 0.15) is 11.1 Å². The number of nitriles is 1. The third-order valence-corrected chi connectivity index (χ3v) is 4.73. The minimum Gasteiger partial charge on any atom is -0.493 e. The van der Waals surface area contributed by atoms with Gasteiger partial charge in [-0.25, -0.2) is 0 Å². The number of para-hydroxylation sites is 1. The summed E-state index contributed by atoms with van der Waals surface area (Å²) >= 11 is 5.93. The Morgan fingerprint density at radius 3 is 2.62 bits per heavy atom. The van der Waals surface area contributed by atoms with Crippen molar-refractivity contribution in [3.63, 3.8) is 0 Å². The quantitative estimate of drug-likeness (QED) is 0.534. The molecule has 0 aromatic heterocycles. The van der Waals surface area contributed by atoms with E-state index in [1.54, 1.807) is 42.3 Å². The lowest BCUT2D eigenvalue weighted by Crippen LogP contribution is -2.41. The maximum atomic E-state index is 12.7. The molecule has 1 aliphatic heterocycles.